The maximum atomic E-state index is 4.63. The van der Waals surface area contributed by atoms with E-state index in [0.717, 1.165) is 44.6 Å². The fourth-order valence-electron chi connectivity index (χ4n) is 6.10. The summed E-state index contributed by atoms with van der Waals surface area (Å²) in [6.45, 7) is 4.31. The number of fused-ring (bicyclic) bond motifs is 6. The van der Waals surface area contributed by atoms with Gasteiger partial charge in [-0.1, -0.05) is 24.3 Å². The van der Waals surface area contributed by atoms with Crippen LogP contribution in [-0.2, 0) is 0 Å². The number of aryl methyl sites for hydroxylation is 2. The number of benzene rings is 4. The number of pyridine rings is 2. The van der Waals surface area contributed by atoms with Crippen LogP contribution in [0.25, 0.3) is 77.3 Å². The molecule has 0 aliphatic heterocycles. The van der Waals surface area contributed by atoms with Crippen LogP contribution in [0.3, 0.4) is 0 Å². The van der Waals surface area contributed by atoms with Crippen molar-refractivity contribution in [2.75, 3.05) is 0 Å². The summed E-state index contributed by atoms with van der Waals surface area (Å²) >= 11 is 0. The van der Waals surface area contributed by atoms with Gasteiger partial charge in [0.2, 0.25) is 0 Å². The molecule has 0 amide bonds. The fraction of sp³-hybridized carbons (Fsp3) is 0.0556. The molecule has 4 aromatic heterocycles. The molecule has 0 unspecified atom stereocenters. The Morgan fingerprint density at radius 1 is 0.475 bits per heavy atom. The van der Waals surface area contributed by atoms with Crippen molar-refractivity contribution >= 4 is 43.6 Å². The first kappa shape index (κ1) is 22.7. The molecule has 40 heavy (non-hydrogen) atoms. The van der Waals surface area contributed by atoms with Gasteiger partial charge >= 0.3 is 0 Å². The van der Waals surface area contributed by atoms with E-state index in [2.05, 4.69) is 107 Å². The SMILES string of the molecule is Cc1cc(-c2ccccn2)c2[nH]c3ccc(-c4ccc5[nH]c6c(-c7ccccn7)cc(C)cc6c5c4)cc3c2c1. The van der Waals surface area contributed by atoms with Gasteiger partial charge in [-0.05, 0) is 109 Å². The van der Waals surface area contributed by atoms with E-state index in [1.807, 2.05) is 36.7 Å². The lowest BCUT2D eigenvalue weighted by Crippen LogP contribution is -1.85. The van der Waals surface area contributed by atoms with E-state index in [1.165, 1.54) is 43.8 Å². The third-order valence-electron chi connectivity index (χ3n) is 7.92. The maximum Gasteiger partial charge on any atom is 0.0723 e. The number of aromatic amines is 2. The summed E-state index contributed by atoms with van der Waals surface area (Å²) in [6.07, 6.45) is 3.71. The number of nitrogens with zero attached hydrogens (tertiary/aromatic N) is 2. The van der Waals surface area contributed by atoms with Crippen molar-refractivity contribution in [3.63, 3.8) is 0 Å². The van der Waals surface area contributed by atoms with Crippen LogP contribution in [0.2, 0.25) is 0 Å². The maximum absolute atomic E-state index is 4.63. The summed E-state index contributed by atoms with van der Waals surface area (Å²) in [4.78, 5) is 16.6. The lowest BCUT2D eigenvalue weighted by Gasteiger charge is -2.06. The molecule has 4 aromatic carbocycles. The van der Waals surface area contributed by atoms with E-state index in [0.29, 0.717) is 0 Å². The van der Waals surface area contributed by atoms with Gasteiger partial charge in [0.15, 0.2) is 0 Å². The highest BCUT2D eigenvalue weighted by Gasteiger charge is 2.15. The van der Waals surface area contributed by atoms with Crippen molar-refractivity contribution in [1.82, 2.24) is 19.9 Å². The second kappa shape index (κ2) is 8.65. The highest BCUT2D eigenvalue weighted by atomic mass is 14.7. The van der Waals surface area contributed by atoms with Gasteiger partial charge in [-0.15, -0.1) is 0 Å². The standard InChI is InChI=1S/C36H26N4/c1-21-15-27-25-19-23(9-11-33(25)39-35(27)29(17-21)31-7-3-5-13-37-31)24-10-12-34-26(20-24)28-16-22(2)18-30(36(28)40-34)32-8-4-6-14-38-32/h3-20,39-40H,1-2H3. The van der Waals surface area contributed by atoms with Crippen LogP contribution >= 0.6 is 0 Å². The minimum atomic E-state index is 0.980. The van der Waals surface area contributed by atoms with E-state index in [4.69, 9.17) is 0 Å². The van der Waals surface area contributed by atoms with Crippen molar-refractivity contribution in [3.8, 4) is 33.6 Å². The zero-order valence-corrected chi connectivity index (χ0v) is 22.3. The average Bonchev–Trinajstić information content (AvgIpc) is 3.54. The largest absolute Gasteiger partial charge is 0.354 e. The number of aromatic nitrogens is 4. The first-order valence-corrected chi connectivity index (χ1v) is 13.6. The molecule has 8 aromatic rings. The van der Waals surface area contributed by atoms with E-state index >= 15 is 0 Å². The Morgan fingerprint density at radius 3 is 1.38 bits per heavy atom. The van der Waals surface area contributed by atoms with Gasteiger partial charge in [0.1, 0.15) is 0 Å². The quantitative estimate of drug-likeness (QED) is 0.247. The van der Waals surface area contributed by atoms with Crippen LogP contribution in [0.5, 0.6) is 0 Å². The molecule has 4 heteroatoms. The van der Waals surface area contributed by atoms with Gasteiger partial charge in [-0.3, -0.25) is 9.97 Å². The smallest absolute Gasteiger partial charge is 0.0723 e. The predicted molar refractivity (Wildman–Crippen MR) is 167 cm³/mol. The Kier molecular flexibility index (Phi) is 4.92. The van der Waals surface area contributed by atoms with Crippen LogP contribution in [0.4, 0.5) is 0 Å². The molecule has 0 spiro atoms. The highest BCUT2D eigenvalue weighted by molar-refractivity contribution is 6.14. The van der Waals surface area contributed by atoms with Gasteiger partial charge in [0.05, 0.1) is 22.4 Å². The molecule has 0 bridgehead atoms. The first-order chi connectivity index (χ1) is 19.6. The Hall–Kier alpha value is -5.22. The fourth-order valence-corrected chi connectivity index (χ4v) is 6.10. The summed E-state index contributed by atoms with van der Waals surface area (Å²) < 4.78 is 0. The van der Waals surface area contributed by atoms with Gasteiger partial charge in [0.25, 0.3) is 0 Å². The summed E-state index contributed by atoms with van der Waals surface area (Å²) in [7, 11) is 0. The first-order valence-electron chi connectivity index (χ1n) is 13.6. The molecule has 0 radical (unpaired) electrons. The van der Waals surface area contributed by atoms with Gasteiger partial charge in [-0.25, -0.2) is 0 Å². The number of rotatable bonds is 3. The van der Waals surface area contributed by atoms with E-state index in [1.54, 1.807) is 0 Å². The summed E-state index contributed by atoms with van der Waals surface area (Å²) in [5, 5.41) is 4.89. The van der Waals surface area contributed by atoms with Crippen LogP contribution in [0.1, 0.15) is 11.1 Å². The summed E-state index contributed by atoms with van der Waals surface area (Å²) in [5.74, 6) is 0. The monoisotopic (exact) mass is 514 g/mol. The van der Waals surface area contributed by atoms with Crippen LogP contribution < -0.4 is 0 Å². The minimum absolute atomic E-state index is 0.980. The Balaban J connectivity index is 1.31. The molecular formula is C36H26N4. The zero-order valence-electron chi connectivity index (χ0n) is 22.3. The Labute approximate surface area is 231 Å². The molecule has 4 heterocycles. The van der Waals surface area contributed by atoms with Crippen molar-refractivity contribution in [2.45, 2.75) is 13.8 Å². The Morgan fingerprint density at radius 2 is 0.950 bits per heavy atom. The van der Waals surface area contributed by atoms with Crippen LogP contribution in [0.15, 0.2) is 109 Å². The average molecular weight is 515 g/mol. The number of hydrogen-bond donors (Lipinski definition) is 2. The number of hydrogen-bond acceptors (Lipinski definition) is 2. The van der Waals surface area contributed by atoms with Gasteiger partial charge in [-0.2, -0.15) is 0 Å². The zero-order chi connectivity index (χ0) is 26.8. The van der Waals surface area contributed by atoms with Gasteiger partial charge in [0, 0.05) is 56.1 Å². The molecule has 4 nitrogen and oxygen atoms in total. The second-order valence-corrected chi connectivity index (χ2v) is 10.7. The van der Waals surface area contributed by atoms with E-state index in [-0.39, 0.29) is 0 Å². The molecular weight excluding hydrogens is 488 g/mol. The molecule has 0 aliphatic carbocycles. The lowest BCUT2D eigenvalue weighted by atomic mass is 9.98. The van der Waals surface area contributed by atoms with Crippen LogP contribution in [0, 0.1) is 13.8 Å². The second-order valence-electron chi connectivity index (χ2n) is 10.7. The lowest BCUT2D eigenvalue weighted by molar-refractivity contribution is 1.32. The van der Waals surface area contributed by atoms with Crippen molar-refractivity contribution in [1.29, 1.82) is 0 Å². The predicted octanol–water partition coefficient (Wildman–Crippen LogP) is 9.36. The Bertz CT molecular complexity index is 2060. The summed E-state index contributed by atoms with van der Waals surface area (Å²) in [6, 6.07) is 34.6. The number of H-pyrrole nitrogens is 2. The van der Waals surface area contributed by atoms with E-state index < -0.39 is 0 Å². The van der Waals surface area contributed by atoms with Crippen LogP contribution in [-0.4, -0.2) is 19.9 Å². The van der Waals surface area contributed by atoms with Crippen molar-refractivity contribution in [3.05, 3.63) is 121 Å². The summed E-state index contributed by atoms with van der Waals surface area (Å²) in [5.41, 5.74) is 13.6. The molecule has 0 aliphatic rings. The third kappa shape index (κ3) is 3.53. The molecule has 0 atom stereocenters. The van der Waals surface area contributed by atoms with Gasteiger partial charge < -0.3 is 9.97 Å². The van der Waals surface area contributed by atoms with Crippen molar-refractivity contribution < 1.29 is 0 Å². The van der Waals surface area contributed by atoms with E-state index in [9.17, 15) is 0 Å². The molecule has 190 valence electrons. The molecule has 0 saturated carbocycles. The number of nitrogens with one attached hydrogen (secondary N) is 2. The molecule has 8 rings (SSSR count). The molecule has 0 saturated heterocycles. The highest BCUT2D eigenvalue weighted by Crippen LogP contribution is 2.38. The molecule has 2 N–H and O–H groups in total. The third-order valence-corrected chi connectivity index (χ3v) is 7.92. The topological polar surface area (TPSA) is 57.4 Å². The van der Waals surface area contributed by atoms with Crippen molar-refractivity contribution in [2.24, 2.45) is 0 Å². The minimum Gasteiger partial charge on any atom is -0.354 e. The normalized spacial score (nSPS) is 11.8. The molecule has 0 fully saturated rings.